The Morgan fingerprint density at radius 3 is 2.67 bits per heavy atom. The van der Waals surface area contributed by atoms with Crippen molar-refractivity contribution in [3.8, 4) is 0 Å². The van der Waals surface area contributed by atoms with Crippen LogP contribution in [0.3, 0.4) is 0 Å². The van der Waals surface area contributed by atoms with Gasteiger partial charge in [-0.25, -0.2) is 4.98 Å². The molecule has 0 aliphatic heterocycles. The summed E-state index contributed by atoms with van der Waals surface area (Å²) in [4.78, 5) is 17.2. The lowest BCUT2D eigenvalue weighted by Crippen LogP contribution is -2.22. The van der Waals surface area contributed by atoms with Crippen LogP contribution in [0.4, 0.5) is 0 Å². The van der Waals surface area contributed by atoms with Gasteiger partial charge in [-0.05, 0) is 31.5 Å². The van der Waals surface area contributed by atoms with Crippen molar-refractivity contribution >= 4 is 46.0 Å². The molecule has 24 heavy (non-hydrogen) atoms. The van der Waals surface area contributed by atoms with Crippen LogP contribution >= 0.6 is 35.0 Å². The summed E-state index contributed by atoms with van der Waals surface area (Å²) < 4.78 is 3.37. The smallest absolute Gasteiger partial charge is 0.282 e. The Morgan fingerprint density at radius 2 is 2.00 bits per heavy atom. The highest BCUT2D eigenvalue weighted by Crippen LogP contribution is 2.28. The topological polar surface area (TPSA) is 52.7 Å². The number of nitrogens with zero attached hydrogens (tertiary/aromatic N) is 4. The molecule has 0 atom stereocenters. The standard InChI is InChI=1S/C16H16Cl2N4OS/c1-3-21-8-13-14(20-21)15(23)22(4-2)16(19-13)24-9-10-5-6-11(17)7-12(10)18/h5-8H,3-4,9H2,1-2H3. The van der Waals surface area contributed by atoms with Crippen LogP contribution in [0.25, 0.3) is 11.0 Å². The Hall–Kier alpha value is -1.50. The maximum absolute atomic E-state index is 12.6. The average Bonchev–Trinajstić information content (AvgIpc) is 2.98. The van der Waals surface area contributed by atoms with E-state index < -0.39 is 0 Å². The van der Waals surface area contributed by atoms with Crippen molar-refractivity contribution in [2.75, 3.05) is 0 Å². The van der Waals surface area contributed by atoms with Crippen LogP contribution < -0.4 is 5.56 Å². The summed E-state index contributed by atoms with van der Waals surface area (Å²) in [5.41, 5.74) is 1.87. The lowest BCUT2D eigenvalue weighted by molar-refractivity contribution is 0.630. The second-order valence-corrected chi connectivity index (χ2v) is 6.97. The molecule has 0 aliphatic carbocycles. The zero-order valence-electron chi connectivity index (χ0n) is 13.3. The molecule has 0 radical (unpaired) electrons. The van der Waals surface area contributed by atoms with Crippen molar-refractivity contribution in [2.24, 2.45) is 0 Å². The Bertz CT molecular complexity index is 951. The molecule has 0 bridgehead atoms. The Balaban J connectivity index is 1.97. The molecule has 126 valence electrons. The van der Waals surface area contributed by atoms with Gasteiger partial charge >= 0.3 is 0 Å². The van der Waals surface area contributed by atoms with Crippen LogP contribution in [0.5, 0.6) is 0 Å². The van der Waals surface area contributed by atoms with E-state index in [1.54, 1.807) is 27.6 Å². The van der Waals surface area contributed by atoms with Crippen molar-refractivity contribution in [1.29, 1.82) is 0 Å². The van der Waals surface area contributed by atoms with Crippen molar-refractivity contribution in [1.82, 2.24) is 19.3 Å². The SMILES string of the molecule is CCn1cc2nc(SCc3ccc(Cl)cc3Cl)n(CC)c(=O)c2n1. The molecule has 0 fully saturated rings. The molecule has 2 aromatic heterocycles. The van der Waals surface area contributed by atoms with Crippen molar-refractivity contribution in [3.63, 3.8) is 0 Å². The highest BCUT2D eigenvalue weighted by molar-refractivity contribution is 7.98. The second-order valence-electron chi connectivity index (χ2n) is 5.19. The second kappa shape index (κ2) is 7.17. The summed E-state index contributed by atoms with van der Waals surface area (Å²) in [5.74, 6) is 0.607. The van der Waals surface area contributed by atoms with Crippen LogP contribution in [0.2, 0.25) is 10.0 Å². The van der Waals surface area contributed by atoms with E-state index in [-0.39, 0.29) is 5.56 Å². The summed E-state index contributed by atoms with van der Waals surface area (Å²) in [5, 5.41) is 6.18. The monoisotopic (exact) mass is 382 g/mol. The number of thioether (sulfide) groups is 1. The van der Waals surface area contributed by atoms with E-state index in [0.29, 0.717) is 45.1 Å². The first-order valence-corrected chi connectivity index (χ1v) is 9.32. The minimum Gasteiger partial charge on any atom is -0.286 e. The molecule has 0 saturated heterocycles. The van der Waals surface area contributed by atoms with Crippen LogP contribution in [-0.2, 0) is 18.8 Å². The van der Waals surface area contributed by atoms with Gasteiger partial charge in [-0.2, -0.15) is 5.10 Å². The van der Waals surface area contributed by atoms with Gasteiger partial charge in [0.25, 0.3) is 5.56 Å². The number of hydrogen-bond acceptors (Lipinski definition) is 4. The molecule has 3 rings (SSSR count). The highest BCUT2D eigenvalue weighted by atomic mass is 35.5. The van der Waals surface area contributed by atoms with E-state index in [1.807, 2.05) is 19.9 Å². The molecule has 3 aromatic rings. The van der Waals surface area contributed by atoms with Crippen molar-refractivity contribution in [2.45, 2.75) is 37.8 Å². The highest BCUT2D eigenvalue weighted by Gasteiger charge is 2.14. The third-order valence-electron chi connectivity index (χ3n) is 3.65. The predicted molar refractivity (Wildman–Crippen MR) is 99.2 cm³/mol. The largest absolute Gasteiger partial charge is 0.286 e. The van der Waals surface area contributed by atoms with Crippen molar-refractivity contribution < 1.29 is 0 Å². The first-order chi connectivity index (χ1) is 11.5. The fourth-order valence-electron chi connectivity index (χ4n) is 2.36. The molecule has 0 saturated carbocycles. The molecule has 5 nitrogen and oxygen atoms in total. The van der Waals surface area contributed by atoms with Crippen LogP contribution in [0.1, 0.15) is 19.4 Å². The zero-order valence-corrected chi connectivity index (χ0v) is 15.6. The van der Waals surface area contributed by atoms with Gasteiger partial charge < -0.3 is 0 Å². The molecular weight excluding hydrogens is 367 g/mol. The number of rotatable bonds is 5. The van der Waals surface area contributed by atoms with Crippen LogP contribution in [0.15, 0.2) is 34.3 Å². The first-order valence-electron chi connectivity index (χ1n) is 7.58. The minimum absolute atomic E-state index is 0.112. The number of aryl methyl sites for hydroxylation is 1. The number of hydrogen-bond donors (Lipinski definition) is 0. The number of halogens is 2. The Kier molecular flexibility index (Phi) is 5.18. The fraction of sp³-hybridized carbons (Fsp3) is 0.312. The van der Waals surface area contributed by atoms with Gasteiger partial charge in [0.15, 0.2) is 10.7 Å². The Morgan fingerprint density at radius 1 is 1.21 bits per heavy atom. The third-order valence-corrected chi connectivity index (χ3v) is 5.26. The van der Waals surface area contributed by atoms with E-state index in [1.165, 1.54) is 11.8 Å². The molecule has 0 spiro atoms. The summed E-state index contributed by atoms with van der Waals surface area (Å²) in [6.45, 7) is 5.13. The summed E-state index contributed by atoms with van der Waals surface area (Å²) in [6.07, 6.45) is 1.80. The summed E-state index contributed by atoms with van der Waals surface area (Å²) >= 11 is 13.6. The van der Waals surface area contributed by atoms with E-state index in [0.717, 1.165) is 5.56 Å². The van der Waals surface area contributed by atoms with Gasteiger partial charge in [0.1, 0.15) is 5.52 Å². The van der Waals surface area contributed by atoms with E-state index in [2.05, 4.69) is 10.1 Å². The van der Waals surface area contributed by atoms with Crippen LogP contribution in [0, 0.1) is 0 Å². The third kappa shape index (κ3) is 3.31. The van der Waals surface area contributed by atoms with Gasteiger partial charge in [0.05, 0.1) is 6.20 Å². The maximum atomic E-state index is 12.6. The van der Waals surface area contributed by atoms with Gasteiger partial charge in [-0.1, -0.05) is 41.0 Å². The van der Waals surface area contributed by atoms with Gasteiger partial charge in [-0.3, -0.25) is 14.0 Å². The summed E-state index contributed by atoms with van der Waals surface area (Å²) in [6, 6.07) is 5.41. The molecule has 8 heteroatoms. The first kappa shape index (κ1) is 17.3. The molecule has 2 heterocycles. The average molecular weight is 383 g/mol. The molecule has 1 aromatic carbocycles. The van der Waals surface area contributed by atoms with Gasteiger partial charge in [-0.15, -0.1) is 0 Å². The fourth-order valence-corrected chi connectivity index (χ4v) is 3.98. The molecule has 0 unspecified atom stereocenters. The van der Waals surface area contributed by atoms with E-state index in [9.17, 15) is 4.79 Å². The van der Waals surface area contributed by atoms with E-state index >= 15 is 0 Å². The van der Waals surface area contributed by atoms with Crippen molar-refractivity contribution in [3.05, 3.63) is 50.4 Å². The summed E-state index contributed by atoms with van der Waals surface area (Å²) in [7, 11) is 0. The number of benzene rings is 1. The van der Waals surface area contributed by atoms with Gasteiger partial charge in [0, 0.05) is 28.9 Å². The normalized spacial score (nSPS) is 11.3. The predicted octanol–water partition coefficient (Wildman–Crippen LogP) is 4.23. The van der Waals surface area contributed by atoms with E-state index in [4.69, 9.17) is 23.2 Å². The lowest BCUT2D eigenvalue weighted by atomic mass is 10.2. The van der Waals surface area contributed by atoms with Crippen LogP contribution in [-0.4, -0.2) is 19.3 Å². The minimum atomic E-state index is -0.112. The number of fused-ring (bicyclic) bond motifs is 1. The molecular formula is C16H16Cl2N4OS. The molecule has 0 N–H and O–H groups in total. The quantitative estimate of drug-likeness (QED) is 0.489. The van der Waals surface area contributed by atoms with Gasteiger partial charge in [0.2, 0.25) is 0 Å². The zero-order chi connectivity index (χ0) is 17.3. The Labute approximate surface area is 153 Å². The molecule has 0 aliphatic rings. The maximum Gasteiger partial charge on any atom is 0.282 e. The lowest BCUT2D eigenvalue weighted by Gasteiger charge is -2.10. The molecule has 0 amide bonds. The number of aromatic nitrogens is 4.